The van der Waals surface area contributed by atoms with Crippen LogP contribution in [0.5, 0.6) is 0 Å². The third kappa shape index (κ3) is 4.75. The number of nitrogens with zero attached hydrogens (tertiary/aromatic N) is 3. The number of thiazole rings is 1. The number of hydrogen-bond acceptors (Lipinski definition) is 4. The summed E-state index contributed by atoms with van der Waals surface area (Å²) in [6.45, 7) is 2.97. The van der Waals surface area contributed by atoms with E-state index in [2.05, 4.69) is 15.3 Å². The fraction of sp³-hybridized carbons (Fsp3) is 0.412. The van der Waals surface area contributed by atoms with E-state index in [4.69, 9.17) is 4.74 Å². The smallest absolute Gasteiger partial charge is 0.194 e. The minimum Gasteiger partial charge on any atom is -0.375 e. The van der Waals surface area contributed by atoms with E-state index in [-0.39, 0.29) is 11.9 Å². The molecule has 0 saturated heterocycles. The number of ether oxygens (including phenoxy) is 1. The highest BCUT2D eigenvalue weighted by atomic mass is 32.1. The van der Waals surface area contributed by atoms with Crippen molar-refractivity contribution in [3.63, 3.8) is 0 Å². The van der Waals surface area contributed by atoms with Gasteiger partial charge in [-0.15, -0.1) is 11.3 Å². The summed E-state index contributed by atoms with van der Waals surface area (Å²) in [6.07, 6.45) is -0.00690. The zero-order valence-corrected chi connectivity index (χ0v) is 15.2. The molecule has 0 aliphatic heterocycles. The van der Waals surface area contributed by atoms with Crippen LogP contribution in [0.4, 0.5) is 4.39 Å². The van der Waals surface area contributed by atoms with Crippen LogP contribution in [0.25, 0.3) is 0 Å². The Kier molecular flexibility index (Phi) is 6.69. The predicted molar refractivity (Wildman–Crippen MR) is 95.6 cm³/mol. The summed E-state index contributed by atoms with van der Waals surface area (Å²) < 4.78 is 19.0. The van der Waals surface area contributed by atoms with Gasteiger partial charge in [0.2, 0.25) is 0 Å². The molecule has 1 aromatic carbocycles. The lowest BCUT2D eigenvalue weighted by Crippen LogP contribution is -2.38. The molecule has 5 nitrogen and oxygen atoms in total. The highest BCUT2D eigenvalue weighted by molar-refractivity contribution is 7.09. The molecule has 7 heteroatoms. The van der Waals surface area contributed by atoms with Crippen molar-refractivity contribution in [2.75, 3.05) is 21.2 Å². The van der Waals surface area contributed by atoms with Crippen molar-refractivity contribution < 1.29 is 9.13 Å². The number of aliphatic imine (C=N–C) groups is 1. The molecule has 24 heavy (non-hydrogen) atoms. The minimum atomic E-state index is -0.221. The number of guanidine groups is 1. The van der Waals surface area contributed by atoms with E-state index in [1.165, 1.54) is 6.07 Å². The van der Waals surface area contributed by atoms with Crippen molar-refractivity contribution >= 4 is 17.3 Å². The van der Waals surface area contributed by atoms with Gasteiger partial charge in [0.05, 0.1) is 12.2 Å². The number of nitrogens with one attached hydrogen (secondary N) is 1. The van der Waals surface area contributed by atoms with E-state index < -0.39 is 0 Å². The van der Waals surface area contributed by atoms with Crippen LogP contribution >= 0.6 is 11.3 Å². The molecule has 0 radical (unpaired) electrons. The molecule has 1 N–H and O–H groups in total. The van der Waals surface area contributed by atoms with Crippen molar-refractivity contribution in [2.45, 2.75) is 26.1 Å². The molecule has 1 aromatic heterocycles. The molecule has 0 bridgehead atoms. The molecule has 0 spiro atoms. The summed E-state index contributed by atoms with van der Waals surface area (Å²) in [5.74, 6) is 0.466. The van der Waals surface area contributed by atoms with Gasteiger partial charge in [0, 0.05) is 38.7 Å². The van der Waals surface area contributed by atoms with Crippen LogP contribution in [-0.2, 0) is 17.8 Å². The van der Waals surface area contributed by atoms with E-state index in [9.17, 15) is 4.39 Å². The third-order valence-corrected chi connectivity index (χ3v) is 4.69. The SMILES string of the molecule is CN=C(NCc1ccccc1F)N(C)Cc1csc(C(C)OC)n1. The summed E-state index contributed by atoms with van der Waals surface area (Å²) in [7, 11) is 5.31. The normalized spacial score (nSPS) is 13.0. The Morgan fingerprint density at radius 3 is 2.88 bits per heavy atom. The summed E-state index contributed by atoms with van der Waals surface area (Å²) in [4.78, 5) is 10.8. The van der Waals surface area contributed by atoms with Crippen LogP contribution in [0.15, 0.2) is 34.6 Å². The highest BCUT2D eigenvalue weighted by Crippen LogP contribution is 2.20. The molecule has 130 valence electrons. The largest absolute Gasteiger partial charge is 0.375 e. The minimum absolute atomic E-state index is 0.00690. The molecule has 1 unspecified atom stereocenters. The first-order valence-corrected chi connectivity index (χ1v) is 8.55. The lowest BCUT2D eigenvalue weighted by molar-refractivity contribution is 0.119. The summed E-state index contributed by atoms with van der Waals surface area (Å²) >= 11 is 1.58. The predicted octanol–water partition coefficient (Wildman–Crippen LogP) is 3.20. The molecule has 2 aromatic rings. The Hall–Kier alpha value is -1.99. The van der Waals surface area contributed by atoms with Gasteiger partial charge in [-0.3, -0.25) is 4.99 Å². The Morgan fingerprint density at radius 1 is 1.46 bits per heavy atom. The van der Waals surface area contributed by atoms with Crippen LogP contribution in [0, 0.1) is 5.82 Å². The highest BCUT2D eigenvalue weighted by Gasteiger charge is 2.13. The van der Waals surface area contributed by atoms with Gasteiger partial charge in [0.15, 0.2) is 5.96 Å². The Bertz CT molecular complexity index is 689. The lowest BCUT2D eigenvalue weighted by atomic mass is 10.2. The van der Waals surface area contributed by atoms with Crippen LogP contribution in [-0.4, -0.2) is 37.0 Å². The average Bonchev–Trinajstić information content (AvgIpc) is 3.04. The first-order chi connectivity index (χ1) is 11.5. The van der Waals surface area contributed by atoms with Gasteiger partial charge in [0.25, 0.3) is 0 Å². The fourth-order valence-electron chi connectivity index (χ4n) is 2.20. The lowest BCUT2D eigenvalue weighted by Gasteiger charge is -2.21. The fourth-order valence-corrected chi connectivity index (χ4v) is 3.04. The zero-order valence-electron chi connectivity index (χ0n) is 14.4. The van der Waals surface area contributed by atoms with Crippen molar-refractivity contribution in [3.8, 4) is 0 Å². The maximum absolute atomic E-state index is 13.7. The monoisotopic (exact) mass is 350 g/mol. The number of methoxy groups -OCH3 is 1. The number of rotatable bonds is 6. The van der Waals surface area contributed by atoms with Gasteiger partial charge in [-0.25, -0.2) is 9.37 Å². The number of aromatic nitrogens is 1. The van der Waals surface area contributed by atoms with Crippen molar-refractivity contribution in [1.29, 1.82) is 0 Å². The van der Waals surface area contributed by atoms with Crippen molar-refractivity contribution in [1.82, 2.24) is 15.2 Å². The second-order valence-electron chi connectivity index (χ2n) is 5.40. The van der Waals surface area contributed by atoms with Crippen LogP contribution < -0.4 is 5.32 Å². The topological polar surface area (TPSA) is 49.8 Å². The average molecular weight is 350 g/mol. The maximum Gasteiger partial charge on any atom is 0.194 e. The molecule has 0 aliphatic carbocycles. The molecule has 0 saturated carbocycles. The van der Waals surface area contributed by atoms with E-state index >= 15 is 0 Å². The van der Waals surface area contributed by atoms with Gasteiger partial charge < -0.3 is 15.0 Å². The molecular formula is C17H23FN4OS. The molecule has 0 aliphatic rings. The molecule has 0 amide bonds. The van der Waals surface area contributed by atoms with Crippen LogP contribution in [0.2, 0.25) is 0 Å². The first-order valence-electron chi connectivity index (χ1n) is 7.67. The van der Waals surface area contributed by atoms with Gasteiger partial charge in [0.1, 0.15) is 16.9 Å². The standard InChI is InChI=1S/C17H23FN4OS/c1-12(23-4)16-21-14(11-24-16)10-22(3)17(19-2)20-9-13-7-5-6-8-15(13)18/h5-8,11-12H,9-10H2,1-4H3,(H,19,20). The van der Waals surface area contributed by atoms with Gasteiger partial charge >= 0.3 is 0 Å². The zero-order chi connectivity index (χ0) is 17.5. The third-order valence-electron chi connectivity index (χ3n) is 3.64. The van der Waals surface area contributed by atoms with Gasteiger partial charge in [-0.1, -0.05) is 18.2 Å². The molecular weight excluding hydrogens is 327 g/mol. The van der Waals surface area contributed by atoms with Crippen molar-refractivity contribution in [3.05, 3.63) is 51.7 Å². The van der Waals surface area contributed by atoms with E-state index in [0.717, 1.165) is 10.7 Å². The Labute approximate surface area is 146 Å². The Balaban J connectivity index is 1.95. The van der Waals surface area contributed by atoms with E-state index in [1.54, 1.807) is 37.6 Å². The molecule has 0 fully saturated rings. The molecule has 1 atom stereocenters. The second-order valence-corrected chi connectivity index (χ2v) is 6.29. The van der Waals surface area contributed by atoms with Gasteiger partial charge in [-0.05, 0) is 13.0 Å². The molecule has 1 heterocycles. The summed E-state index contributed by atoms with van der Waals surface area (Å²) in [5.41, 5.74) is 1.56. The first kappa shape index (κ1) is 18.4. The number of hydrogen-bond donors (Lipinski definition) is 1. The van der Waals surface area contributed by atoms with E-state index in [0.29, 0.717) is 24.6 Å². The van der Waals surface area contributed by atoms with E-state index in [1.807, 2.05) is 30.3 Å². The quantitative estimate of drug-likeness (QED) is 0.642. The van der Waals surface area contributed by atoms with Crippen LogP contribution in [0.3, 0.4) is 0 Å². The number of halogens is 1. The van der Waals surface area contributed by atoms with Crippen LogP contribution in [0.1, 0.15) is 29.3 Å². The number of benzene rings is 1. The summed E-state index contributed by atoms with van der Waals surface area (Å²) in [6, 6.07) is 6.71. The Morgan fingerprint density at radius 2 is 2.21 bits per heavy atom. The second kappa shape index (κ2) is 8.75. The maximum atomic E-state index is 13.7. The molecule has 2 rings (SSSR count). The van der Waals surface area contributed by atoms with Gasteiger partial charge in [-0.2, -0.15) is 0 Å². The summed E-state index contributed by atoms with van der Waals surface area (Å²) in [5, 5.41) is 6.15. The van der Waals surface area contributed by atoms with Crippen molar-refractivity contribution in [2.24, 2.45) is 4.99 Å².